The monoisotopic (exact) mass is 208 g/mol. The molecule has 0 spiro atoms. The van der Waals surface area contributed by atoms with Crippen molar-refractivity contribution >= 4 is 0 Å². The van der Waals surface area contributed by atoms with Crippen LogP contribution in [0.4, 0.5) is 0 Å². The standard InChI is InChI=1S/C12H20N2O/c1-9-4-6-11(8-14-9)12(13)7-5-10(2)15-3/h4,6,8,10,12H,5,7,13H2,1-3H3. The van der Waals surface area contributed by atoms with Gasteiger partial charge >= 0.3 is 0 Å². The zero-order valence-corrected chi connectivity index (χ0v) is 9.73. The molecule has 0 amide bonds. The van der Waals surface area contributed by atoms with Crippen molar-refractivity contribution in [1.82, 2.24) is 4.98 Å². The zero-order valence-electron chi connectivity index (χ0n) is 9.73. The van der Waals surface area contributed by atoms with Crippen LogP contribution in [0.25, 0.3) is 0 Å². The Bertz CT molecular complexity index is 284. The second kappa shape index (κ2) is 5.83. The van der Waals surface area contributed by atoms with E-state index in [-0.39, 0.29) is 12.1 Å². The lowest BCUT2D eigenvalue weighted by Gasteiger charge is -2.14. The van der Waals surface area contributed by atoms with Crippen molar-refractivity contribution in [2.24, 2.45) is 5.73 Å². The van der Waals surface area contributed by atoms with Crippen LogP contribution >= 0.6 is 0 Å². The number of nitrogens with zero attached hydrogens (tertiary/aromatic N) is 1. The van der Waals surface area contributed by atoms with Gasteiger partial charge in [-0.15, -0.1) is 0 Å². The molecule has 0 aliphatic heterocycles. The number of aromatic nitrogens is 1. The molecule has 0 aliphatic carbocycles. The van der Waals surface area contributed by atoms with Crippen LogP contribution in [-0.2, 0) is 4.74 Å². The largest absolute Gasteiger partial charge is 0.382 e. The summed E-state index contributed by atoms with van der Waals surface area (Å²) in [5, 5.41) is 0. The molecule has 2 unspecified atom stereocenters. The van der Waals surface area contributed by atoms with Crippen LogP contribution in [-0.4, -0.2) is 18.2 Å². The predicted molar refractivity (Wildman–Crippen MR) is 61.6 cm³/mol. The molecule has 1 aromatic heterocycles. The van der Waals surface area contributed by atoms with Gasteiger partial charge in [0.05, 0.1) is 6.10 Å². The Morgan fingerprint density at radius 1 is 1.40 bits per heavy atom. The first-order valence-corrected chi connectivity index (χ1v) is 5.34. The first-order chi connectivity index (χ1) is 7.13. The number of ether oxygens (including phenoxy) is 1. The van der Waals surface area contributed by atoms with E-state index in [4.69, 9.17) is 10.5 Å². The second-order valence-corrected chi connectivity index (χ2v) is 3.96. The van der Waals surface area contributed by atoms with E-state index < -0.39 is 0 Å². The summed E-state index contributed by atoms with van der Waals surface area (Å²) in [5.74, 6) is 0. The number of methoxy groups -OCH3 is 1. The van der Waals surface area contributed by atoms with Crippen LogP contribution in [0.1, 0.15) is 37.1 Å². The van der Waals surface area contributed by atoms with Gasteiger partial charge < -0.3 is 10.5 Å². The molecule has 84 valence electrons. The highest BCUT2D eigenvalue weighted by Gasteiger charge is 2.08. The van der Waals surface area contributed by atoms with Crippen LogP contribution in [0.5, 0.6) is 0 Å². The summed E-state index contributed by atoms with van der Waals surface area (Å²) < 4.78 is 5.18. The number of hydrogen-bond donors (Lipinski definition) is 1. The summed E-state index contributed by atoms with van der Waals surface area (Å²) in [6.45, 7) is 4.03. The quantitative estimate of drug-likeness (QED) is 0.807. The van der Waals surface area contributed by atoms with Gasteiger partial charge in [0.15, 0.2) is 0 Å². The van der Waals surface area contributed by atoms with Gasteiger partial charge in [-0.3, -0.25) is 4.98 Å². The van der Waals surface area contributed by atoms with Crippen molar-refractivity contribution < 1.29 is 4.74 Å². The van der Waals surface area contributed by atoms with Gasteiger partial charge in [-0.05, 0) is 38.3 Å². The minimum atomic E-state index is 0.0655. The van der Waals surface area contributed by atoms with E-state index in [0.717, 1.165) is 24.1 Å². The summed E-state index contributed by atoms with van der Waals surface area (Å²) in [4.78, 5) is 4.24. The van der Waals surface area contributed by atoms with Crippen molar-refractivity contribution in [3.8, 4) is 0 Å². The molecule has 0 aliphatic rings. The average molecular weight is 208 g/mol. The molecule has 15 heavy (non-hydrogen) atoms. The van der Waals surface area contributed by atoms with Gasteiger partial charge in [0.2, 0.25) is 0 Å². The zero-order chi connectivity index (χ0) is 11.3. The molecule has 0 fully saturated rings. The van der Waals surface area contributed by atoms with Gasteiger partial charge in [0, 0.05) is 25.0 Å². The topological polar surface area (TPSA) is 48.1 Å². The summed E-state index contributed by atoms with van der Waals surface area (Å²) in [6.07, 6.45) is 4.04. The molecular formula is C12H20N2O. The molecule has 0 radical (unpaired) electrons. The molecule has 0 saturated heterocycles. The van der Waals surface area contributed by atoms with Crippen LogP contribution < -0.4 is 5.73 Å². The van der Waals surface area contributed by atoms with Gasteiger partial charge in [-0.1, -0.05) is 6.07 Å². The summed E-state index contributed by atoms with van der Waals surface area (Å²) in [6, 6.07) is 4.11. The Morgan fingerprint density at radius 3 is 2.67 bits per heavy atom. The molecule has 1 rings (SSSR count). The average Bonchev–Trinajstić information content (AvgIpc) is 2.26. The molecule has 3 heteroatoms. The highest BCUT2D eigenvalue weighted by Crippen LogP contribution is 2.16. The molecule has 3 nitrogen and oxygen atoms in total. The van der Waals surface area contributed by atoms with Crippen LogP contribution in [0.15, 0.2) is 18.3 Å². The molecule has 1 heterocycles. The van der Waals surface area contributed by atoms with Crippen LogP contribution in [0.2, 0.25) is 0 Å². The third-order valence-electron chi connectivity index (χ3n) is 2.65. The van der Waals surface area contributed by atoms with E-state index in [2.05, 4.69) is 11.9 Å². The van der Waals surface area contributed by atoms with Crippen molar-refractivity contribution in [3.63, 3.8) is 0 Å². The van der Waals surface area contributed by atoms with E-state index in [1.165, 1.54) is 0 Å². The Hall–Kier alpha value is -0.930. The van der Waals surface area contributed by atoms with Crippen molar-refractivity contribution in [2.75, 3.05) is 7.11 Å². The fourth-order valence-corrected chi connectivity index (χ4v) is 1.40. The Kier molecular flexibility index (Phi) is 4.72. The molecule has 0 bridgehead atoms. The fourth-order valence-electron chi connectivity index (χ4n) is 1.40. The Balaban J connectivity index is 2.46. The minimum absolute atomic E-state index is 0.0655. The van der Waals surface area contributed by atoms with Crippen molar-refractivity contribution in [1.29, 1.82) is 0 Å². The van der Waals surface area contributed by atoms with Gasteiger partial charge in [-0.2, -0.15) is 0 Å². The van der Waals surface area contributed by atoms with Gasteiger partial charge in [-0.25, -0.2) is 0 Å². The highest BCUT2D eigenvalue weighted by molar-refractivity contribution is 5.16. The SMILES string of the molecule is COC(C)CCC(N)c1ccc(C)nc1. The first-order valence-electron chi connectivity index (χ1n) is 5.34. The summed E-state index contributed by atoms with van der Waals surface area (Å²) in [7, 11) is 1.73. The number of aryl methyl sites for hydroxylation is 1. The Morgan fingerprint density at radius 2 is 2.13 bits per heavy atom. The number of pyridine rings is 1. The highest BCUT2D eigenvalue weighted by atomic mass is 16.5. The summed E-state index contributed by atoms with van der Waals surface area (Å²) >= 11 is 0. The predicted octanol–water partition coefficient (Wildman–Crippen LogP) is 2.20. The van der Waals surface area contributed by atoms with E-state index in [1.54, 1.807) is 7.11 Å². The number of hydrogen-bond acceptors (Lipinski definition) is 3. The third kappa shape index (κ3) is 3.98. The molecule has 2 atom stereocenters. The fraction of sp³-hybridized carbons (Fsp3) is 0.583. The van der Waals surface area contributed by atoms with Gasteiger partial charge in [0.1, 0.15) is 0 Å². The van der Waals surface area contributed by atoms with Crippen molar-refractivity contribution in [2.45, 2.75) is 38.8 Å². The second-order valence-electron chi connectivity index (χ2n) is 3.96. The molecule has 0 saturated carbocycles. The molecule has 0 aromatic carbocycles. The lowest BCUT2D eigenvalue weighted by Crippen LogP contribution is -2.14. The lowest BCUT2D eigenvalue weighted by molar-refractivity contribution is 0.107. The molecule has 2 N–H and O–H groups in total. The van der Waals surface area contributed by atoms with E-state index >= 15 is 0 Å². The van der Waals surface area contributed by atoms with Gasteiger partial charge in [0.25, 0.3) is 0 Å². The normalized spacial score (nSPS) is 14.9. The number of nitrogens with two attached hydrogens (primary N) is 1. The maximum atomic E-state index is 6.05. The third-order valence-corrected chi connectivity index (χ3v) is 2.65. The van der Waals surface area contributed by atoms with Crippen LogP contribution in [0, 0.1) is 6.92 Å². The smallest absolute Gasteiger partial charge is 0.0543 e. The molecule has 1 aromatic rings. The van der Waals surface area contributed by atoms with E-state index in [1.807, 2.05) is 25.3 Å². The maximum absolute atomic E-state index is 6.05. The lowest BCUT2D eigenvalue weighted by atomic mass is 10.0. The Labute approximate surface area is 91.7 Å². The van der Waals surface area contributed by atoms with E-state index in [0.29, 0.717) is 0 Å². The van der Waals surface area contributed by atoms with E-state index in [9.17, 15) is 0 Å². The first kappa shape index (κ1) is 12.1. The number of rotatable bonds is 5. The molecular weight excluding hydrogens is 188 g/mol. The van der Waals surface area contributed by atoms with Crippen LogP contribution in [0.3, 0.4) is 0 Å². The summed E-state index contributed by atoms with van der Waals surface area (Å²) in [5.41, 5.74) is 8.18. The van der Waals surface area contributed by atoms with Crippen molar-refractivity contribution in [3.05, 3.63) is 29.6 Å². The minimum Gasteiger partial charge on any atom is -0.382 e. The maximum Gasteiger partial charge on any atom is 0.0543 e.